The Hall–Kier alpha value is -2.51. The molecule has 2 rings (SSSR count). The summed E-state index contributed by atoms with van der Waals surface area (Å²) in [7, 11) is 0. The van der Waals surface area contributed by atoms with Crippen molar-refractivity contribution in [2.45, 2.75) is 6.18 Å². The van der Waals surface area contributed by atoms with Gasteiger partial charge in [0, 0.05) is 18.8 Å². The second kappa shape index (κ2) is 7.17. The zero-order valence-electron chi connectivity index (χ0n) is 12.1. The highest BCUT2D eigenvalue weighted by molar-refractivity contribution is 5.91. The second-order valence-electron chi connectivity index (χ2n) is 4.89. The number of carbonyl (C=O) groups excluding carboxylic acids is 2. The third-order valence-electron chi connectivity index (χ3n) is 3.11. The molecule has 1 aromatic carbocycles. The number of nitrogens with one attached hydrogen (secondary N) is 1. The highest BCUT2D eigenvalue weighted by Gasteiger charge is 2.27. The van der Waals surface area contributed by atoms with Crippen LogP contribution in [0.1, 0.15) is 10.4 Å². The molecule has 0 aromatic heterocycles. The molecule has 0 saturated heterocycles. The fourth-order valence-electron chi connectivity index (χ4n) is 1.96. The Bertz CT molecular complexity index is 589. The lowest BCUT2D eigenvalue weighted by molar-refractivity contribution is -0.140. The van der Waals surface area contributed by atoms with Gasteiger partial charge in [0.25, 0.3) is 5.91 Å². The van der Waals surface area contributed by atoms with Gasteiger partial charge in [-0.2, -0.15) is 13.2 Å². The smallest absolute Gasteiger partial charge is 0.405 e. The van der Waals surface area contributed by atoms with Gasteiger partial charge >= 0.3 is 12.1 Å². The molecular formula is C15H15F3N2O3. The molecule has 0 bridgehead atoms. The minimum atomic E-state index is -4.50. The van der Waals surface area contributed by atoms with Crippen LogP contribution in [0.15, 0.2) is 36.4 Å². The van der Waals surface area contributed by atoms with Crippen LogP contribution in [0.5, 0.6) is 0 Å². The molecule has 124 valence electrons. The van der Waals surface area contributed by atoms with Crippen molar-refractivity contribution in [1.82, 2.24) is 5.32 Å². The monoisotopic (exact) mass is 328 g/mol. The molecule has 1 N–H and O–H groups in total. The van der Waals surface area contributed by atoms with Gasteiger partial charge in [-0.3, -0.25) is 4.79 Å². The average molecular weight is 328 g/mol. The molecule has 1 aromatic rings. The van der Waals surface area contributed by atoms with Crippen molar-refractivity contribution in [2.24, 2.45) is 0 Å². The molecule has 5 nitrogen and oxygen atoms in total. The van der Waals surface area contributed by atoms with Crippen LogP contribution < -0.4 is 10.2 Å². The summed E-state index contributed by atoms with van der Waals surface area (Å²) in [5.74, 6) is -1.77. The van der Waals surface area contributed by atoms with Gasteiger partial charge in [0.1, 0.15) is 6.54 Å². The van der Waals surface area contributed by atoms with Gasteiger partial charge in [-0.25, -0.2) is 4.79 Å². The van der Waals surface area contributed by atoms with Crippen LogP contribution in [0.25, 0.3) is 0 Å². The molecule has 0 aliphatic carbocycles. The molecule has 1 heterocycles. The molecule has 1 aliphatic rings. The lowest BCUT2D eigenvalue weighted by Crippen LogP contribution is -2.36. The van der Waals surface area contributed by atoms with Crippen LogP contribution >= 0.6 is 0 Å². The molecule has 23 heavy (non-hydrogen) atoms. The Labute approximate surface area is 130 Å². The van der Waals surface area contributed by atoms with Crippen molar-refractivity contribution >= 4 is 17.6 Å². The Morgan fingerprint density at radius 2 is 1.74 bits per heavy atom. The molecule has 8 heteroatoms. The van der Waals surface area contributed by atoms with Crippen LogP contribution in [0.4, 0.5) is 18.9 Å². The molecule has 1 amide bonds. The minimum absolute atomic E-state index is 0.226. The highest BCUT2D eigenvalue weighted by atomic mass is 19.4. The number of rotatable bonds is 5. The van der Waals surface area contributed by atoms with Crippen molar-refractivity contribution in [3.8, 4) is 0 Å². The Morgan fingerprint density at radius 1 is 1.13 bits per heavy atom. The average Bonchev–Trinajstić information content (AvgIpc) is 3.04. The summed E-state index contributed by atoms with van der Waals surface area (Å²) in [5, 5.41) is 1.62. The van der Waals surface area contributed by atoms with Crippen molar-refractivity contribution in [3.63, 3.8) is 0 Å². The van der Waals surface area contributed by atoms with Gasteiger partial charge < -0.3 is 15.0 Å². The topological polar surface area (TPSA) is 58.6 Å². The third kappa shape index (κ3) is 5.32. The molecule has 0 radical (unpaired) electrons. The Balaban J connectivity index is 1.80. The summed E-state index contributed by atoms with van der Waals surface area (Å²) in [6.07, 6.45) is -0.441. The number of ether oxygens (including phenoxy) is 1. The lowest BCUT2D eigenvalue weighted by Gasteiger charge is -2.17. The molecule has 0 spiro atoms. The maximum absolute atomic E-state index is 11.9. The van der Waals surface area contributed by atoms with E-state index in [0.717, 1.165) is 18.8 Å². The Morgan fingerprint density at radius 3 is 2.30 bits per heavy atom. The quantitative estimate of drug-likeness (QED) is 0.662. The predicted molar refractivity (Wildman–Crippen MR) is 77.1 cm³/mol. The SMILES string of the molecule is O=C(COC(=O)c1ccc(N2CC=CC2)cc1)NCC(F)(F)F. The first kappa shape index (κ1) is 16.9. The fourth-order valence-corrected chi connectivity index (χ4v) is 1.96. The zero-order chi connectivity index (χ0) is 16.9. The molecule has 1 aliphatic heterocycles. The summed E-state index contributed by atoms with van der Waals surface area (Å²) in [6, 6.07) is 6.58. The van der Waals surface area contributed by atoms with Gasteiger partial charge in [0.05, 0.1) is 5.56 Å². The van der Waals surface area contributed by atoms with Crippen molar-refractivity contribution in [3.05, 3.63) is 42.0 Å². The van der Waals surface area contributed by atoms with Gasteiger partial charge in [-0.15, -0.1) is 0 Å². The third-order valence-corrected chi connectivity index (χ3v) is 3.11. The van der Waals surface area contributed by atoms with Gasteiger partial charge in [-0.05, 0) is 24.3 Å². The summed E-state index contributed by atoms with van der Waals surface area (Å²) in [5.41, 5.74) is 1.17. The van der Waals surface area contributed by atoms with E-state index < -0.39 is 31.2 Å². The minimum Gasteiger partial charge on any atom is -0.452 e. The van der Waals surface area contributed by atoms with E-state index in [0.29, 0.717) is 0 Å². The van der Waals surface area contributed by atoms with Crippen molar-refractivity contribution in [1.29, 1.82) is 0 Å². The molecule has 0 atom stereocenters. The van der Waals surface area contributed by atoms with E-state index in [2.05, 4.69) is 9.64 Å². The molecule has 0 saturated carbocycles. The van der Waals surface area contributed by atoms with E-state index in [9.17, 15) is 22.8 Å². The number of esters is 1. The summed E-state index contributed by atoms with van der Waals surface area (Å²) in [6.45, 7) is -0.624. The number of benzene rings is 1. The van der Waals surface area contributed by atoms with E-state index in [1.54, 1.807) is 29.6 Å². The maximum Gasteiger partial charge on any atom is 0.405 e. The first-order valence-electron chi connectivity index (χ1n) is 6.86. The van der Waals surface area contributed by atoms with Crippen LogP contribution in [0, 0.1) is 0 Å². The number of amides is 1. The number of alkyl halides is 3. The van der Waals surface area contributed by atoms with Crippen molar-refractivity contribution < 1.29 is 27.5 Å². The zero-order valence-corrected chi connectivity index (χ0v) is 12.1. The lowest BCUT2D eigenvalue weighted by atomic mass is 10.2. The first-order chi connectivity index (χ1) is 10.8. The van der Waals surface area contributed by atoms with Gasteiger partial charge in [0.2, 0.25) is 0 Å². The van der Waals surface area contributed by atoms with Crippen LogP contribution in [0.2, 0.25) is 0 Å². The van der Waals surface area contributed by atoms with E-state index in [-0.39, 0.29) is 5.56 Å². The number of halogens is 3. The second-order valence-corrected chi connectivity index (χ2v) is 4.89. The van der Waals surface area contributed by atoms with E-state index in [1.807, 2.05) is 12.2 Å². The Kier molecular flexibility index (Phi) is 5.25. The molecular weight excluding hydrogens is 313 g/mol. The predicted octanol–water partition coefficient (Wildman–Crippen LogP) is 1.90. The highest BCUT2D eigenvalue weighted by Crippen LogP contribution is 2.18. The van der Waals surface area contributed by atoms with Gasteiger partial charge in [-0.1, -0.05) is 12.2 Å². The summed E-state index contributed by atoms with van der Waals surface area (Å²) in [4.78, 5) is 25.0. The number of nitrogens with zero attached hydrogens (tertiary/aromatic N) is 1. The maximum atomic E-state index is 11.9. The van der Waals surface area contributed by atoms with E-state index >= 15 is 0 Å². The number of hydrogen-bond acceptors (Lipinski definition) is 4. The number of carbonyl (C=O) groups is 2. The molecule has 0 unspecified atom stereocenters. The van der Waals surface area contributed by atoms with Crippen LogP contribution in [-0.4, -0.2) is 44.3 Å². The first-order valence-corrected chi connectivity index (χ1v) is 6.86. The van der Waals surface area contributed by atoms with Crippen molar-refractivity contribution in [2.75, 3.05) is 31.1 Å². The normalized spacial score (nSPS) is 14.0. The fraction of sp³-hybridized carbons (Fsp3) is 0.333. The largest absolute Gasteiger partial charge is 0.452 e. The number of hydrogen-bond donors (Lipinski definition) is 1. The van der Waals surface area contributed by atoms with Crippen LogP contribution in [-0.2, 0) is 9.53 Å². The number of anilines is 1. The van der Waals surface area contributed by atoms with Crippen LogP contribution in [0.3, 0.4) is 0 Å². The standard InChI is InChI=1S/C15H15F3N2O3/c16-15(17,18)10-19-13(21)9-23-14(22)11-3-5-12(6-4-11)20-7-1-2-8-20/h1-6H,7-10H2,(H,19,21). The van der Waals surface area contributed by atoms with E-state index in [1.165, 1.54) is 0 Å². The summed E-state index contributed by atoms with van der Waals surface area (Å²) >= 11 is 0. The van der Waals surface area contributed by atoms with Gasteiger partial charge in [0.15, 0.2) is 6.61 Å². The molecule has 0 fully saturated rings. The van der Waals surface area contributed by atoms with E-state index in [4.69, 9.17) is 0 Å². The summed E-state index contributed by atoms with van der Waals surface area (Å²) < 4.78 is 40.4.